The number of benzene rings is 1. The molecule has 1 saturated carbocycles. The Morgan fingerprint density at radius 3 is 2.32 bits per heavy atom. The van der Waals surface area contributed by atoms with Crippen LogP contribution in [0, 0.1) is 12.7 Å². The second-order valence-corrected chi connectivity index (χ2v) is 15.2. The van der Waals surface area contributed by atoms with E-state index in [2.05, 4.69) is 49.6 Å². The topological polar surface area (TPSA) is 39.9 Å². The van der Waals surface area contributed by atoms with E-state index in [9.17, 15) is 4.39 Å². The summed E-state index contributed by atoms with van der Waals surface area (Å²) in [7, 11) is -1.75. The summed E-state index contributed by atoms with van der Waals surface area (Å²) in [4.78, 5) is 9.21. The van der Waals surface area contributed by atoms with Gasteiger partial charge < -0.3 is 8.99 Å². The molecule has 2 aromatic heterocycles. The summed E-state index contributed by atoms with van der Waals surface area (Å²) in [5.74, 6) is 0.548. The van der Waals surface area contributed by atoms with Gasteiger partial charge in [0.2, 0.25) is 0 Å². The average Bonchev–Trinajstić information content (AvgIpc) is 3.06. The number of hydrogen-bond acceptors (Lipinski definition) is 3. The van der Waals surface area contributed by atoms with Gasteiger partial charge in [-0.3, -0.25) is 0 Å². The summed E-state index contributed by atoms with van der Waals surface area (Å²) in [6.07, 6.45) is 8.75. The van der Waals surface area contributed by atoms with E-state index in [0.717, 1.165) is 53.7 Å². The Morgan fingerprint density at radius 2 is 1.71 bits per heavy atom. The first-order valence-electron chi connectivity index (χ1n) is 11.3. The van der Waals surface area contributed by atoms with Crippen molar-refractivity contribution in [3.63, 3.8) is 0 Å². The lowest BCUT2D eigenvalue weighted by molar-refractivity contribution is 0.119. The lowest BCUT2D eigenvalue weighted by Crippen LogP contribution is -2.44. The lowest BCUT2D eigenvalue weighted by Gasteiger charge is -2.41. The van der Waals surface area contributed by atoms with E-state index in [-0.39, 0.29) is 10.9 Å². The number of hydrogen-bond donors (Lipinski definition) is 0. The highest BCUT2D eigenvalue weighted by atomic mass is 28.4. The molecular formula is C25H34FN3OSi. The number of aryl methyl sites for hydroxylation is 1. The molecule has 0 amide bonds. The Kier molecular flexibility index (Phi) is 5.81. The van der Waals surface area contributed by atoms with Gasteiger partial charge in [0.15, 0.2) is 8.32 Å². The minimum atomic E-state index is -1.75. The molecule has 0 spiro atoms. The molecule has 1 aromatic carbocycles. The third-order valence-electron chi connectivity index (χ3n) is 7.15. The van der Waals surface area contributed by atoms with Crippen LogP contribution in [0.25, 0.3) is 22.2 Å². The molecule has 1 fully saturated rings. The number of fused-ring (bicyclic) bond motifs is 1. The molecule has 3 aromatic rings. The van der Waals surface area contributed by atoms with Crippen molar-refractivity contribution in [3.05, 3.63) is 48.3 Å². The van der Waals surface area contributed by atoms with Crippen LogP contribution in [0.5, 0.6) is 0 Å². The highest BCUT2D eigenvalue weighted by molar-refractivity contribution is 6.74. The van der Waals surface area contributed by atoms with Gasteiger partial charge in [0.05, 0.1) is 0 Å². The van der Waals surface area contributed by atoms with Crippen LogP contribution in [0.1, 0.15) is 58.3 Å². The molecule has 4 nitrogen and oxygen atoms in total. The summed E-state index contributed by atoms with van der Waals surface area (Å²) in [5.41, 5.74) is 3.03. The smallest absolute Gasteiger partial charge is 0.192 e. The lowest BCUT2D eigenvalue weighted by atomic mass is 9.93. The van der Waals surface area contributed by atoms with Gasteiger partial charge in [0, 0.05) is 35.5 Å². The Balaban J connectivity index is 1.59. The van der Waals surface area contributed by atoms with Crippen molar-refractivity contribution in [2.75, 3.05) is 0 Å². The van der Waals surface area contributed by atoms with Gasteiger partial charge in [-0.2, -0.15) is 0 Å². The Morgan fingerprint density at radius 1 is 1.06 bits per heavy atom. The molecule has 4 rings (SSSR count). The van der Waals surface area contributed by atoms with Crippen molar-refractivity contribution >= 4 is 19.4 Å². The van der Waals surface area contributed by atoms with Gasteiger partial charge in [-0.1, -0.05) is 32.9 Å². The number of rotatable bonds is 4. The molecule has 0 N–H and O–H groups in total. The summed E-state index contributed by atoms with van der Waals surface area (Å²) in [6.45, 7) is 13.5. The van der Waals surface area contributed by atoms with Crippen LogP contribution < -0.4 is 0 Å². The predicted octanol–water partition coefficient (Wildman–Crippen LogP) is 7.05. The molecular weight excluding hydrogens is 405 g/mol. The quantitative estimate of drug-likeness (QED) is 0.409. The second-order valence-electron chi connectivity index (χ2n) is 10.4. The number of nitrogens with zero attached hydrogens (tertiary/aromatic N) is 3. The normalized spacial score (nSPS) is 20.4. The molecule has 1 aliphatic rings. The molecule has 6 heteroatoms. The fourth-order valence-electron chi connectivity index (χ4n) is 4.29. The van der Waals surface area contributed by atoms with Crippen LogP contribution >= 0.6 is 0 Å². The zero-order valence-electron chi connectivity index (χ0n) is 19.6. The first kappa shape index (κ1) is 22.2. The van der Waals surface area contributed by atoms with E-state index in [1.165, 1.54) is 12.1 Å². The van der Waals surface area contributed by atoms with E-state index >= 15 is 0 Å². The van der Waals surface area contributed by atoms with Gasteiger partial charge >= 0.3 is 0 Å². The SMILES string of the molecule is Cc1ncc2c(-c3ccc(F)cc3)cn(C3CCC(O[Si](C)(C)C(C)(C)C)CC3)c2n1. The number of aromatic nitrogens is 3. The predicted molar refractivity (Wildman–Crippen MR) is 127 cm³/mol. The second kappa shape index (κ2) is 8.13. The molecule has 2 heterocycles. The molecule has 166 valence electrons. The molecule has 0 bridgehead atoms. The summed E-state index contributed by atoms with van der Waals surface area (Å²) >= 11 is 0. The van der Waals surface area contributed by atoms with Gasteiger partial charge in [-0.25, -0.2) is 14.4 Å². The summed E-state index contributed by atoms with van der Waals surface area (Å²) < 4.78 is 22.5. The van der Waals surface area contributed by atoms with Crippen LogP contribution in [0.3, 0.4) is 0 Å². The van der Waals surface area contributed by atoms with Gasteiger partial charge in [0.1, 0.15) is 17.3 Å². The van der Waals surface area contributed by atoms with Crippen LogP contribution in [-0.4, -0.2) is 29.0 Å². The van der Waals surface area contributed by atoms with E-state index in [1.807, 2.05) is 25.3 Å². The highest BCUT2D eigenvalue weighted by Crippen LogP contribution is 2.41. The first-order chi connectivity index (χ1) is 14.5. The zero-order chi connectivity index (χ0) is 22.4. The largest absolute Gasteiger partial charge is 0.414 e. The minimum absolute atomic E-state index is 0.223. The molecule has 0 atom stereocenters. The van der Waals surface area contributed by atoms with E-state index in [1.54, 1.807) is 0 Å². The maximum absolute atomic E-state index is 13.5. The first-order valence-corrected chi connectivity index (χ1v) is 14.2. The van der Waals surface area contributed by atoms with Crippen molar-refractivity contribution < 1.29 is 8.82 Å². The van der Waals surface area contributed by atoms with Crippen LogP contribution in [0.15, 0.2) is 36.7 Å². The Hall–Kier alpha value is -2.05. The van der Waals surface area contributed by atoms with Gasteiger partial charge in [-0.15, -0.1) is 0 Å². The Labute approximate surface area is 186 Å². The third kappa shape index (κ3) is 4.46. The molecule has 1 aliphatic carbocycles. The standard InChI is InChI=1S/C25H34FN3OSi/c1-17-27-15-22-23(18-7-9-19(26)10-8-18)16-29(24(22)28-17)20-11-13-21(14-12-20)30-31(5,6)25(2,3)4/h7-10,15-16,20-21H,11-14H2,1-6H3. The van der Waals surface area contributed by atoms with Gasteiger partial charge in [-0.05, 0) is 68.4 Å². The summed E-state index contributed by atoms with van der Waals surface area (Å²) in [5, 5.41) is 1.26. The van der Waals surface area contributed by atoms with Crippen molar-refractivity contribution in [1.82, 2.24) is 14.5 Å². The molecule has 31 heavy (non-hydrogen) atoms. The van der Waals surface area contributed by atoms with Crippen molar-refractivity contribution in [2.24, 2.45) is 0 Å². The van der Waals surface area contributed by atoms with Crippen molar-refractivity contribution in [1.29, 1.82) is 0 Å². The van der Waals surface area contributed by atoms with Crippen LogP contribution in [-0.2, 0) is 4.43 Å². The van der Waals surface area contributed by atoms with Crippen molar-refractivity contribution in [3.8, 4) is 11.1 Å². The molecule has 0 saturated heterocycles. The van der Waals surface area contributed by atoms with Crippen molar-refractivity contribution in [2.45, 2.75) is 83.7 Å². The third-order valence-corrected chi connectivity index (χ3v) is 11.7. The number of halogens is 1. The van der Waals surface area contributed by atoms with Gasteiger partial charge in [0.25, 0.3) is 0 Å². The highest BCUT2D eigenvalue weighted by Gasteiger charge is 2.40. The zero-order valence-corrected chi connectivity index (χ0v) is 20.6. The van der Waals surface area contributed by atoms with E-state index < -0.39 is 8.32 Å². The monoisotopic (exact) mass is 439 g/mol. The van der Waals surface area contributed by atoms with E-state index in [0.29, 0.717) is 12.1 Å². The van der Waals surface area contributed by atoms with E-state index in [4.69, 9.17) is 9.41 Å². The van der Waals surface area contributed by atoms with Crippen LogP contribution in [0.4, 0.5) is 4.39 Å². The fourth-order valence-corrected chi connectivity index (χ4v) is 5.71. The maximum atomic E-state index is 13.5. The minimum Gasteiger partial charge on any atom is -0.414 e. The molecule has 0 unspecified atom stereocenters. The fraction of sp³-hybridized carbons (Fsp3) is 0.520. The Bertz CT molecular complexity index is 1060. The average molecular weight is 440 g/mol. The maximum Gasteiger partial charge on any atom is 0.192 e. The molecule has 0 aliphatic heterocycles. The van der Waals surface area contributed by atoms with Crippen LogP contribution in [0.2, 0.25) is 18.1 Å². The molecule has 0 radical (unpaired) electrons. The summed E-state index contributed by atoms with van der Waals surface area (Å²) in [6, 6.07) is 7.08.